The molecule has 2 unspecified atom stereocenters. The maximum Gasteiger partial charge on any atom is 0.137 e. The van der Waals surface area contributed by atoms with E-state index in [0.717, 1.165) is 35.9 Å². The van der Waals surface area contributed by atoms with Crippen molar-refractivity contribution < 1.29 is 0 Å². The van der Waals surface area contributed by atoms with Crippen molar-refractivity contribution in [1.29, 1.82) is 0 Å². The van der Waals surface area contributed by atoms with Crippen molar-refractivity contribution in [3.05, 3.63) is 17.0 Å². The van der Waals surface area contributed by atoms with Crippen LogP contribution < -0.4 is 5.32 Å². The lowest BCUT2D eigenvalue weighted by molar-refractivity contribution is 0.139. The Hall–Kier alpha value is -0.870. The van der Waals surface area contributed by atoms with Gasteiger partial charge in [0.15, 0.2) is 0 Å². The summed E-state index contributed by atoms with van der Waals surface area (Å²) in [7, 11) is 2.28. The number of aromatic nitrogens is 2. The minimum atomic E-state index is 0.543. The zero-order valence-electron chi connectivity index (χ0n) is 11.6. The van der Waals surface area contributed by atoms with Gasteiger partial charge in [-0.3, -0.25) is 0 Å². The summed E-state index contributed by atoms with van der Waals surface area (Å²) in [6.07, 6.45) is 6.87. The third-order valence-electron chi connectivity index (χ3n) is 4.78. The van der Waals surface area contributed by atoms with E-state index in [1.54, 1.807) is 0 Å². The average molecular weight is 281 g/mol. The summed E-state index contributed by atoms with van der Waals surface area (Å²) >= 11 is 6.01. The second-order valence-corrected chi connectivity index (χ2v) is 6.26. The summed E-state index contributed by atoms with van der Waals surface area (Å²) in [4.78, 5) is 10.8. The largest absolute Gasteiger partial charge is 0.369 e. The van der Waals surface area contributed by atoms with Gasteiger partial charge >= 0.3 is 0 Å². The van der Waals surface area contributed by atoms with Gasteiger partial charge < -0.3 is 10.2 Å². The molecule has 0 radical (unpaired) electrons. The molecule has 1 N–H and O–H groups in total. The van der Waals surface area contributed by atoms with Crippen molar-refractivity contribution in [2.45, 2.75) is 44.7 Å². The second-order valence-electron chi connectivity index (χ2n) is 5.91. The summed E-state index contributed by atoms with van der Waals surface area (Å²) in [6, 6.07) is 1.58. The third-order valence-corrected chi connectivity index (χ3v) is 5.16. The van der Waals surface area contributed by atoms with Crippen LogP contribution in [0.2, 0.25) is 5.15 Å². The molecule has 4 nitrogen and oxygen atoms in total. The van der Waals surface area contributed by atoms with Crippen LogP contribution in [0.15, 0.2) is 6.33 Å². The quantitative estimate of drug-likeness (QED) is 0.865. The first-order valence-corrected chi connectivity index (χ1v) is 7.46. The van der Waals surface area contributed by atoms with E-state index in [4.69, 9.17) is 11.6 Å². The van der Waals surface area contributed by atoms with E-state index in [1.807, 2.05) is 6.92 Å². The summed E-state index contributed by atoms with van der Waals surface area (Å²) < 4.78 is 0. The Morgan fingerprint density at radius 1 is 1.32 bits per heavy atom. The van der Waals surface area contributed by atoms with Crippen molar-refractivity contribution in [1.82, 2.24) is 14.9 Å². The van der Waals surface area contributed by atoms with Crippen molar-refractivity contribution in [2.24, 2.45) is 5.92 Å². The lowest BCUT2D eigenvalue weighted by atomic mass is 9.91. The van der Waals surface area contributed by atoms with E-state index in [0.29, 0.717) is 5.15 Å². The SMILES string of the molecule is Cc1c(Cl)ncnc1NCC1CC2CCC(C1)N2C. The van der Waals surface area contributed by atoms with Gasteiger partial charge in [0.05, 0.1) is 0 Å². The Kier molecular flexibility index (Phi) is 3.63. The van der Waals surface area contributed by atoms with Crippen LogP contribution in [0.5, 0.6) is 0 Å². The van der Waals surface area contributed by atoms with Gasteiger partial charge in [-0.2, -0.15) is 0 Å². The number of anilines is 1. The topological polar surface area (TPSA) is 41.1 Å². The van der Waals surface area contributed by atoms with Crippen LogP contribution >= 0.6 is 11.6 Å². The average Bonchev–Trinajstić information content (AvgIpc) is 2.64. The van der Waals surface area contributed by atoms with Crippen LogP contribution in [-0.2, 0) is 0 Å². The number of hydrogen-bond donors (Lipinski definition) is 1. The molecule has 2 bridgehead atoms. The van der Waals surface area contributed by atoms with E-state index in [9.17, 15) is 0 Å². The molecule has 2 saturated heterocycles. The lowest BCUT2D eigenvalue weighted by Gasteiger charge is -2.36. The highest BCUT2D eigenvalue weighted by Crippen LogP contribution is 2.37. The molecule has 2 atom stereocenters. The molecular formula is C14H21ClN4. The Balaban J connectivity index is 1.60. The Morgan fingerprint density at radius 2 is 2.00 bits per heavy atom. The van der Waals surface area contributed by atoms with E-state index < -0.39 is 0 Å². The van der Waals surface area contributed by atoms with E-state index in [-0.39, 0.29) is 0 Å². The fourth-order valence-electron chi connectivity index (χ4n) is 3.54. The fraction of sp³-hybridized carbons (Fsp3) is 0.714. The van der Waals surface area contributed by atoms with E-state index >= 15 is 0 Å². The Bertz CT molecular complexity index is 451. The molecule has 2 fully saturated rings. The maximum absolute atomic E-state index is 6.01. The van der Waals surface area contributed by atoms with Crippen molar-refractivity contribution in [2.75, 3.05) is 18.9 Å². The van der Waals surface area contributed by atoms with Gasteiger partial charge in [-0.15, -0.1) is 0 Å². The van der Waals surface area contributed by atoms with Gasteiger partial charge in [-0.25, -0.2) is 9.97 Å². The van der Waals surface area contributed by atoms with Crippen LogP contribution in [0.3, 0.4) is 0 Å². The number of hydrogen-bond acceptors (Lipinski definition) is 4. The molecular weight excluding hydrogens is 260 g/mol. The summed E-state index contributed by atoms with van der Waals surface area (Å²) in [5.74, 6) is 1.63. The molecule has 2 aliphatic heterocycles. The molecule has 0 aliphatic carbocycles. The molecule has 2 aliphatic rings. The number of nitrogens with one attached hydrogen (secondary N) is 1. The standard InChI is InChI=1S/C14H21ClN4/c1-9-13(15)17-8-18-14(9)16-7-10-5-11-3-4-12(6-10)19(11)2/h8,10-12H,3-7H2,1-2H3,(H,16,17,18). The van der Waals surface area contributed by atoms with Crippen LogP contribution in [0.4, 0.5) is 5.82 Å². The summed E-state index contributed by atoms with van der Waals surface area (Å²) in [5.41, 5.74) is 0.945. The minimum Gasteiger partial charge on any atom is -0.369 e. The molecule has 0 aromatic carbocycles. The van der Waals surface area contributed by atoms with Gasteiger partial charge in [-0.1, -0.05) is 11.6 Å². The molecule has 3 rings (SSSR count). The minimum absolute atomic E-state index is 0.543. The number of halogens is 1. The van der Waals surface area contributed by atoms with Crippen LogP contribution in [0.1, 0.15) is 31.2 Å². The van der Waals surface area contributed by atoms with Crippen LogP contribution in [-0.4, -0.2) is 40.5 Å². The zero-order valence-corrected chi connectivity index (χ0v) is 12.3. The van der Waals surface area contributed by atoms with Gasteiger partial charge in [0.1, 0.15) is 17.3 Å². The maximum atomic E-state index is 6.01. The smallest absolute Gasteiger partial charge is 0.137 e. The van der Waals surface area contributed by atoms with Gasteiger partial charge in [0.25, 0.3) is 0 Å². The van der Waals surface area contributed by atoms with Gasteiger partial charge in [-0.05, 0) is 45.6 Å². The first kappa shape index (κ1) is 13.1. The highest BCUT2D eigenvalue weighted by Gasteiger charge is 2.38. The Morgan fingerprint density at radius 3 is 2.68 bits per heavy atom. The molecule has 3 heterocycles. The first-order valence-electron chi connectivity index (χ1n) is 7.08. The van der Waals surface area contributed by atoms with E-state index in [1.165, 1.54) is 32.0 Å². The molecule has 1 aromatic rings. The summed E-state index contributed by atoms with van der Waals surface area (Å²) in [6.45, 7) is 2.96. The van der Waals surface area contributed by atoms with E-state index in [2.05, 4.69) is 27.2 Å². The van der Waals surface area contributed by atoms with Crippen LogP contribution in [0, 0.1) is 12.8 Å². The first-order chi connectivity index (χ1) is 9.15. The Labute approximate surface area is 119 Å². The molecule has 0 amide bonds. The second kappa shape index (κ2) is 5.25. The van der Waals surface area contributed by atoms with Gasteiger partial charge in [0.2, 0.25) is 0 Å². The van der Waals surface area contributed by atoms with Gasteiger partial charge in [0, 0.05) is 24.2 Å². The molecule has 104 valence electrons. The van der Waals surface area contributed by atoms with Crippen molar-refractivity contribution in [3.8, 4) is 0 Å². The monoisotopic (exact) mass is 280 g/mol. The molecule has 1 aromatic heterocycles. The molecule has 5 heteroatoms. The highest BCUT2D eigenvalue weighted by atomic mass is 35.5. The lowest BCUT2D eigenvalue weighted by Crippen LogP contribution is -2.41. The summed E-state index contributed by atoms with van der Waals surface area (Å²) in [5, 5.41) is 4.00. The number of piperidine rings is 1. The number of rotatable bonds is 3. The predicted octanol–water partition coefficient (Wildman–Crippen LogP) is 2.72. The van der Waals surface area contributed by atoms with Crippen molar-refractivity contribution in [3.63, 3.8) is 0 Å². The third kappa shape index (κ3) is 2.56. The zero-order chi connectivity index (χ0) is 13.4. The normalized spacial score (nSPS) is 30.6. The fourth-order valence-corrected chi connectivity index (χ4v) is 3.67. The molecule has 0 spiro atoms. The number of nitrogens with zero attached hydrogens (tertiary/aromatic N) is 3. The number of fused-ring (bicyclic) bond motifs is 2. The molecule has 0 saturated carbocycles. The van der Waals surface area contributed by atoms with Crippen molar-refractivity contribution >= 4 is 17.4 Å². The molecule has 19 heavy (non-hydrogen) atoms. The van der Waals surface area contributed by atoms with Crippen LogP contribution in [0.25, 0.3) is 0 Å². The highest BCUT2D eigenvalue weighted by molar-refractivity contribution is 6.30. The predicted molar refractivity (Wildman–Crippen MR) is 77.6 cm³/mol.